The molecule has 2 aromatic carbocycles. The van der Waals surface area contributed by atoms with Gasteiger partial charge in [-0.3, -0.25) is 0 Å². The number of allylic oxidation sites excluding steroid dienone is 2. The molecule has 21 heavy (non-hydrogen) atoms. The Morgan fingerprint density at radius 1 is 1.10 bits per heavy atom. The molecule has 0 heterocycles. The average Bonchev–Trinajstić information content (AvgIpc) is 2.53. The van der Waals surface area contributed by atoms with Crippen molar-refractivity contribution in [3.8, 4) is 0 Å². The van der Waals surface area contributed by atoms with E-state index >= 15 is 0 Å². The van der Waals surface area contributed by atoms with Crippen LogP contribution in [0.5, 0.6) is 0 Å². The molecule has 0 bridgehead atoms. The molecule has 2 atom stereocenters. The molecule has 0 fully saturated rings. The van der Waals surface area contributed by atoms with Crippen molar-refractivity contribution in [2.45, 2.75) is 38.0 Å². The zero-order valence-electron chi connectivity index (χ0n) is 12.9. The van der Waals surface area contributed by atoms with Crippen molar-refractivity contribution in [3.63, 3.8) is 0 Å². The molecule has 0 saturated carbocycles. The summed E-state index contributed by atoms with van der Waals surface area (Å²) >= 11 is 0. The van der Waals surface area contributed by atoms with Crippen molar-refractivity contribution in [1.29, 1.82) is 0 Å². The maximum absolute atomic E-state index is 12.9. The molecule has 0 unspecified atom stereocenters. The van der Waals surface area contributed by atoms with Crippen LogP contribution in [0.15, 0.2) is 70.5 Å². The normalized spacial score (nSPS) is 14.7. The minimum absolute atomic E-state index is 0.160. The lowest BCUT2D eigenvalue weighted by Crippen LogP contribution is -2.05. The molecule has 0 radical (unpaired) electrons. The summed E-state index contributed by atoms with van der Waals surface area (Å²) in [5.74, 6) is 0.160. The van der Waals surface area contributed by atoms with Gasteiger partial charge in [-0.1, -0.05) is 68.0 Å². The summed E-state index contributed by atoms with van der Waals surface area (Å²) in [6.45, 7) is 6.26. The van der Waals surface area contributed by atoms with E-state index in [1.807, 2.05) is 49.4 Å². The van der Waals surface area contributed by atoms with Gasteiger partial charge in [0.2, 0.25) is 0 Å². The smallest absolute Gasteiger partial charge is 0.0811 e. The number of hydrogen-bond acceptors (Lipinski definition) is 1. The van der Waals surface area contributed by atoms with Crippen molar-refractivity contribution in [3.05, 3.63) is 76.7 Å². The summed E-state index contributed by atoms with van der Waals surface area (Å²) in [5, 5.41) is 0. The fourth-order valence-electron chi connectivity index (χ4n) is 2.32. The summed E-state index contributed by atoms with van der Waals surface area (Å²) in [4.78, 5) is 1.87. The minimum atomic E-state index is -1.10. The van der Waals surface area contributed by atoms with Crippen molar-refractivity contribution >= 4 is 10.8 Å². The van der Waals surface area contributed by atoms with Crippen LogP contribution in [-0.2, 0) is 10.8 Å². The van der Waals surface area contributed by atoms with E-state index < -0.39 is 10.8 Å². The first kappa shape index (κ1) is 15.7. The predicted molar refractivity (Wildman–Crippen MR) is 90.8 cm³/mol. The van der Waals surface area contributed by atoms with Gasteiger partial charge in [0, 0.05) is 15.7 Å². The van der Waals surface area contributed by atoms with Crippen LogP contribution in [-0.4, -0.2) is 4.21 Å². The maximum atomic E-state index is 12.9. The molecule has 2 heteroatoms. The largest absolute Gasteiger partial charge is 0.249 e. The molecule has 0 spiro atoms. The topological polar surface area (TPSA) is 17.1 Å². The van der Waals surface area contributed by atoms with Gasteiger partial charge in [0.1, 0.15) is 0 Å². The highest BCUT2D eigenvalue weighted by Gasteiger charge is 2.18. The van der Waals surface area contributed by atoms with Gasteiger partial charge in [0.25, 0.3) is 0 Å². The van der Waals surface area contributed by atoms with E-state index in [9.17, 15) is 4.21 Å². The molecule has 2 aromatic rings. The second-order valence-electron chi connectivity index (χ2n) is 5.23. The zero-order chi connectivity index (χ0) is 15.2. The van der Waals surface area contributed by atoms with Gasteiger partial charge >= 0.3 is 0 Å². The van der Waals surface area contributed by atoms with Gasteiger partial charge in [-0.15, -0.1) is 0 Å². The van der Waals surface area contributed by atoms with E-state index in [2.05, 4.69) is 32.1 Å². The van der Waals surface area contributed by atoms with Gasteiger partial charge in [-0.05, 0) is 31.0 Å². The number of rotatable bonds is 5. The Bertz CT molecular complexity index is 626. The molecule has 0 aliphatic rings. The molecule has 1 nitrogen and oxygen atoms in total. The first-order valence-corrected chi connectivity index (χ1v) is 8.52. The van der Waals surface area contributed by atoms with Crippen LogP contribution in [0, 0.1) is 6.92 Å². The Labute approximate surface area is 130 Å². The summed E-state index contributed by atoms with van der Waals surface area (Å²) in [7, 11) is -1.10. The highest BCUT2D eigenvalue weighted by atomic mass is 32.2. The Hall–Kier alpha value is -1.67. The molecular weight excluding hydrogens is 276 g/mol. The first-order valence-electron chi connectivity index (χ1n) is 7.37. The summed E-state index contributed by atoms with van der Waals surface area (Å²) < 4.78 is 12.9. The number of benzene rings is 2. The summed E-state index contributed by atoms with van der Waals surface area (Å²) in [5.41, 5.74) is 2.39. The number of hydrogen-bond donors (Lipinski definition) is 0. The van der Waals surface area contributed by atoms with Crippen molar-refractivity contribution in [1.82, 2.24) is 0 Å². The molecule has 0 N–H and O–H groups in total. The van der Waals surface area contributed by atoms with Gasteiger partial charge in [0.15, 0.2) is 0 Å². The quantitative estimate of drug-likeness (QED) is 0.741. The predicted octanol–water partition coefficient (Wildman–Crippen LogP) is 5.20. The van der Waals surface area contributed by atoms with Crippen LogP contribution < -0.4 is 0 Å². The van der Waals surface area contributed by atoms with E-state index in [4.69, 9.17) is 0 Å². The third kappa shape index (κ3) is 3.92. The first-order chi connectivity index (χ1) is 10.1. The SMILES string of the molecule is CC/C=C(/[C@@H](C)c1ccccc1)[S@](=O)c1ccc(C)cc1. The second kappa shape index (κ2) is 7.37. The highest BCUT2D eigenvalue weighted by molar-refractivity contribution is 7.89. The Kier molecular flexibility index (Phi) is 5.51. The fourth-order valence-corrected chi connectivity index (χ4v) is 3.75. The van der Waals surface area contributed by atoms with E-state index in [0.29, 0.717) is 0 Å². The highest BCUT2D eigenvalue weighted by Crippen LogP contribution is 2.30. The third-order valence-corrected chi connectivity index (χ3v) is 5.23. The van der Waals surface area contributed by atoms with Crippen molar-refractivity contribution < 1.29 is 4.21 Å². The lowest BCUT2D eigenvalue weighted by atomic mass is 10.0. The molecule has 0 saturated heterocycles. The Balaban J connectivity index is 2.33. The lowest BCUT2D eigenvalue weighted by Gasteiger charge is -2.16. The Morgan fingerprint density at radius 2 is 1.71 bits per heavy atom. The lowest BCUT2D eigenvalue weighted by molar-refractivity contribution is 0.683. The molecule has 0 aromatic heterocycles. The van der Waals surface area contributed by atoms with Crippen LogP contribution in [0.1, 0.15) is 37.3 Å². The van der Waals surface area contributed by atoms with Crippen LogP contribution in [0.25, 0.3) is 0 Å². The van der Waals surface area contributed by atoms with Crippen LogP contribution in [0.4, 0.5) is 0 Å². The third-order valence-electron chi connectivity index (χ3n) is 3.58. The van der Waals surface area contributed by atoms with Crippen molar-refractivity contribution in [2.75, 3.05) is 0 Å². The van der Waals surface area contributed by atoms with Crippen LogP contribution in [0.3, 0.4) is 0 Å². The summed E-state index contributed by atoms with van der Waals surface area (Å²) in [6.07, 6.45) is 3.00. The standard InChI is InChI=1S/C19H22OS/c1-4-8-19(16(3)17-9-6-5-7-10-17)21(20)18-13-11-15(2)12-14-18/h5-14,16H,4H2,1-3H3/b19-8-/t16-,21+/m0/s1. The second-order valence-corrected chi connectivity index (χ2v) is 6.71. The van der Waals surface area contributed by atoms with Gasteiger partial charge in [0.05, 0.1) is 10.8 Å². The van der Waals surface area contributed by atoms with E-state index in [-0.39, 0.29) is 5.92 Å². The fraction of sp³-hybridized carbons (Fsp3) is 0.263. The molecule has 0 amide bonds. The molecule has 2 rings (SSSR count). The van der Waals surface area contributed by atoms with Crippen LogP contribution >= 0.6 is 0 Å². The Morgan fingerprint density at radius 3 is 2.29 bits per heavy atom. The minimum Gasteiger partial charge on any atom is -0.249 e. The summed E-state index contributed by atoms with van der Waals surface area (Å²) in [6, 6.07) is 18.2. The van der Waals surface area contributed by atoms with Gasteiger partial charge in [-0.2, -0.15) is 0 Å². The molecule has 0 aliphatic carbocycles. The number of aryl methyl sites for hydroxylation is 1. The molecular formula is C19H22OS. The molecule has 110 valence electrons. The zero-order valence-corrected chi connectivity index (χ0v) is 13.7. The monoisotopic (exact) mass is 298 g/mol. The van der Waals surface area contributed by atoms with E-state index in [0.717, 1.165) is 16.2 Å². The molecule has 0 aliphatic heterocycles. The average molecular weight is 298 g/mol. The van der Waals surface area contributed by atoms with Gasteiger partial charge < -0.3 is 0 Å². The van der Waals surface area contributed by atoms with E-state index in [1.54, 1.807) is 0 Å². The maximum Gasteiger partial charge on any atom is 0.0811 e. The van der Waals surface area contributed by atoms with Crippen LogP contribution in [0.2, 0.25) is 0 Å². The van der Waals surface area contributed by atoms with Gasteiger partial charge in [-0.25, -0.2) is 4.21 Å². The van der Waals surface area contributed by atoms with Crippen molar-refractivity contribution in [2.24, 2.45) is 0 Å². The van der Waals surface area contributed by atoms with E-state index in [1.165, 1.54) is 11.1 Å².